The summed E-state index contributed by atoms with van der Waals surface area (Å²) in [6, 6.07) is 2.33. The maximum Gasteiger partial charge on any atom is 0.188 e. The van der Waals surface area contributed by atoms with E-state index in [2.05, 4.69) is 15.2 Å². The third-order valence-electron chi connectivity index (χ3n) is 3.05. The van der Waals surface area contributed by atoms with E-state index in [1.54, 1.807) is 0 Å². The maximum atomic E-state index is 13.5. The molecule has 2 aromatic rings. The lowest BCUT2D eigenvalue weighted by Gasteiger charge is -2.03. The normalized spacial score (nSPS) is 15.5. The van der Waals surface area contributed by atoms with Gasteiger partial charge in [0.25, 0.3) is 0 Å². The number of hydrogen-bond acceptors (Lipinski definition) is 4. The molecule has 3 rings (SSSR count). The van der Waals surface area contributed by atoms with Crippen LogP contribution in [0.15, 0.2) is 23.1 Å². The van der Waals surface area contributed by atoms with Gasteiger partial charge in [0.2, 0.25) is 0 Å². The summed E-state index contributed by atoms with van der Waals surface area (Å²) in [4.78, 5) is 3.41. The molecule has 5 nitrogen and oxygen atoms in total. The van der Waals surface area contributed by atoms with Crippen molar-refractivity contribution in [1.29, 1.82) is 0 Å². The van der Waals surface area contributed by atoms with E-state index in [0.717, 1.165) is 25.0 Å². The summed E-state index contributed by atoms with van der Waals surface area (Å²) < 4.78 is 50.7. The number of aromatic amines is 1. The minimum absolute atomic E-state index is 0.135. The molecule has 8 heteroatoms. The molecule has 1 aliphatic carbocycles. The Morgan fingerprint density at radius 1 is 1.30 bits per heavy atom. The average molecular weight is 299 g/mol. The third-order valence-corrected chi connectivity index (χ3v) is 4.68. The van der Waals surface area contributed by atoms with Crippen LogP contribution in [0.4, 0.5) is 8.78 Å². The predicted molar refractivity (Wildman–Crippen MR) is 65.6 cm³/mol. The monoisotopic (exact) mass is 299 g/mol. The molecule has 0 bridgehead atoms. The van der Waals surface area contributed by atoms with Crippen LogP contribution in [-0.4, -0.2) is 23.6 Å². The van der Waals surface area contributed by atoms with Crippen molar-refractivity contribution >= 4 is 9.84 Å². The molecule has 20 heavy (non-hydrogen) atoms. The summed E-state index contributed by atoms with van der Waals surface area (Å²) in [5.74, 6) is -1.32. The zero-order valence-electron chi connectivity index (χ0n) is 10.3. The summed E-state index contributed by atoms with van der Waals surface area (Å²) in [5.41, 5.74) is 0. The number of nitrogens with zero attached hydrogens (tertiary/aromatic N) is 2. The number of sulfone groups is 1. The van der Waals surface area contributed by atoms with E-state index in [1.807, 2.05) is 0 Å². The standard InChI is InChI=1S/C12H11F2N3O2S/c13-8-3-4-9(14)10(5-8)20(18,19)6-11-15-12(17-16-11)7-1-2-7/h3-5,7H,1-2,6H2,(H,15,16,17). The van der Waals surface area contributed by atoms with Crippen LogP contribution in [0.1, 0.15) is 30.4 Å². The highest BCUT2D eigenvalue weighted by Gasteiger charge is 2.29. The summed E-state index contributed by atoms with van der Waals surface area (Å²) in [6.07, 6.45) is 1.98. The van der Waals surface area contributed by atoms with Gasteiger partial charge in [-0.3, -0.25) is 5.10 Å². The van der Waals surface area contributed by atoms with Crippen LogP contribution in [0, 0.1) is 11.6 Å². The Morgan fingerprint density at radius 3 is 2.75 bits per heavy atom. The second-order valence-electron chi connectivity index (χ2n) is 4.75. The van der Waals surface area contributed by atoms with E-state index >= 15 is 0 Å². The number of aromatic nitrogens is 3. The van der Waals surface area contributed by atoms with E-state index in [1.165, 1.54) is 0 Å². The molecule has 1 saturated carbocycles. The van der Waals surface area contributed by atoms with Crippen molar-refractivity contribution in [2.75, 3.05) is 0 Å². The molecule has 1 N–H and O–H groups in total. The fourth-order valence-corrected chi connectivity index (χ4v) is 3.17. The van der Waals surface area contributed by atoms with Crippen molar-refractivity contribution in [1.82, 2.24) is 15.2 Å². The first kappa shape index (κ1) is 13.2. The summed E-state index contributed by atoms with van der Waals surface area (Å²) >= 11 is 0. The molecule has 1 aromatic heterocycles. The van der Waals surface area contributed by atoms with Crippen LogP contribution >= 0.6 is 0 Å². The Kier molecular flexibility index (Phi) is 3.04. The highest BCUT2D eigenvalue weighted by Crippen LogP contribution is 2.37. The quantitative estimate of drug-likeness (QED) is 0.936. The van der Waals surface area contributed by atoms with Gasteiger partial charge in [0.15, 0.2) is 15.7 Å². The second kappa shape index (κ2) is 4.62. The van der Waals surface area contributed by atoms with Gasteiger partial charge in [-0.2, -0.15) is 5.10 Å². The summed E-state index contributed by atoms with van der Waals surface area (Å²) in [7, 11) is -4.01. The second-order valence-corrected chi connectivity index (χ2v) is 6.71. The molecule has 0 unspecified atom stereocenters. The summed E-state index contributed by atoms with van der Waals surface area (Å²) in [6.45, 7) is 0. The number of rotatable bonds is 4. The van der Waals surface area contributed by atoms with Crippen LogP contribution in [0.5, 0.6) is 0 Å². The molecular formula is C12H11F2N3O2S. The van der Waals surface area contributed by atoms with Crippen molar-refractivity contribution in [3.05, 3.63) is 41.5 Å². The van der Waals surface area contributed by atoms with Gasteiger partial charge in [-0.25, -0.2) is 22.2 Å². The maximum absolute atomic E-state index is 13.5. The van der Waals surface area contributed by atoms with Gasteiger partial charge < -0.3 is 0 Å². The van der Waals surface area contributed by atoms with Crippen LogP contribution in [0.3, 0.4) is 0 Å². The van der Waals surface area contributed by atoms with Crippen LogP contribution in [-0.2, 0) is 15.6 Å². The first-order valence-corrected chi connectivity index (χ1v) is 7.70. The molecule has 0 amide bonds. The molecule has 0 aliphatic heterocycles. The molecule has 1 aliphatic rings. The van der Waals surface area contributed by atoms with Gasteiger partial charge in [-0.05, 0) is 31.0 Å². The Labute approximate surface area is 114 Å². The Bertz CT molecular complexity index is 754. The van der Waals surface area contributed by atoms with Crippen molar-refractivity contribution in [2.45, 2.75) is 29.4 Å². The van der Waals surface area contributed by atoms with Gasteiger partial charge in [-0.15, -0.1) is 0 Å². The fraction of sp³-hybridized carbons (Fsp3) is 0.333. The van der Waals surface area contributed by atoms with Crippen molar-refractivity contribution in [3.8, 4) is 0 Å². The van der Waals surface area contributed by atoms with E-state index in [-0.39, 0.29) is 11.7 Å². The lowest BCUT2D eigenvalue weighted by molar-refractivity contribution is 0.552. The lowest BCUT2D eigenvalue weighted by Crippen LogP contribution is -2.09. The Hall–Kier alpha value is -1.83. The first-order chi connectivity index (χ1) is 9.45. The van der Waals surface area contributed by atoms with Crippen LogP contribution in [0.2, 0.25) is 0 Å². The molecule has 0 atom stereocenters. The van der Waals surface area contributed by atoms with Gasteiger partial charge in [0, 0.05) is 5.92 Å². The summed E-state index contributed by atoms with van der Waals surface area (Å²) in [5, 5.41) is 6.46. The fourth-order valence-electron chi connectivity index (χ4n) is 1.87. The van der Waals surface area contributed by atoms with Crippen molar-refractivity contribution in [3.63, 3.8) is 0 Å². The molecular weight excluding hydrogens is 288 g/mol. The van der Waals surface area contributed by atoms with E-state index in [4.69, 9.17) is 0 Å². The van der Waals surface area contributed by atoms with E-state index in [9.17, 15) is 17.2 Å². The Balaban J connectivity index is 1.89. The molecule has 1 fully saturated rings. The highest BCUT2D eigenvalue weighted by molar-refractivity contribution is 7.90. The highest BCUT2D eigenvalue weighted by atomic mass is 32.2. The zero-order valence-corrected chi connectivity index (χ0v) is 11.1. The minimum Gasteiger partial charge on any atom is -0.262 e. The van der Waals surface area contributed by atoms with Crippen LogP contribution in [0.25, 0.3) is 0 Å². The number of hydrogen-bond donors (Lipinski definition) is 1. The van der Waals surface area contributed by atoms with Crippen molar-refractivity contribution in [2.24, 2.45) is 0 Å². The minimum atomic E-state index is -4.01. The largest absolute Gasteiger partial charge is 0.262 e. The third kappa shape index (κ3) is 2.55. The molecule has 1 aromatic carbocycles. The molecule has 1 heterocycles. The van der Waals surface area contributed by atoms with Crippen LogP contribution < -0.4 is 0 Å². The first-order valence-electron chi connectivity index (χ1n) is 6.05. The van der Waals surface area contributed by atoms with Gasteiger partial charge in [0.05, 0.1) is 0 Å². The zero-order chi connectivity index (χ0) is 14.3. The number of halogens is 2. The number of H-pyrrole nitrogens is 1. The number of nitrogens with one attached hydrogen (secondary N) is 1. The van der Waals surface area contributed by atoms with Gasteiger partial charge in [-0.1, -0.05) is 0 Å². The topological polar surface area (TPSA) is 75.7 Å². The van der Waals surface area contributed by atoms with E-state index < -0.39 is 32.1 Å². The molecule has 0 spiro atoms. The molecule has 0 saturated heterocycles. The van der Waals surface area contributed by atoms with E-state index in [0.29, 0.717) is 11.9 Å². The SMILES string of the molecule is O=S(=O)(Cc1nc(C2CC2)n[nH]1)c1cc(F)ccc1F. The van der Waals surface area contributed by atoms with Gasteiger partial charge >= 0.3 is 0 Å². The van der Waals surface area contributed by atoms with Gasteiger partial charge in [0.1, 0.15) is 28.1 Å². The average Bonchev–Trinajstić information content (AvgIpc) is 3.13. The smallest absolute Gasteiger partial charge is 0.188 e. The lowest BCUT2D eigenvalue weighted by atomic mass is 10.3. The number of benzene rings is 1. The Morgan fingerprint density at radius 2 is 2.05 bits per heavy atom. The van der Waals surface area contributed by atoms with Crippen molar-refractivity contribution < 1.29 is 17.2 Å². The molecule has 0 radical (unpaired) electrons. The predicted octanol–water partition coefficient (Wildman–Crippen LogP) is 1.93. The molecule has 106 valence electrons.